The van der Waals surface area contributed by atoms with Crippen molar-refractivity contribution in [1.29, 1.82) is 0 Å². The third kappa shape index (κ3) is 1.81. The van der Waals surface area contributed by atoms with Crippen LogP contribution in [0.1, 0.15) is 0 Å². The maximum atomic E-state index is 11.1. The Morgan fingerprint density at radius 1 is 1.18 bits per heavy atom. The van der Waals surface area contributed by atoms with Crippen LogP contribution in [0.15, 0.2) is 10.6 Å². The van der Waals surface area contributed by atoms with E-state index in [0.29, 0.717) is 4.48 Å². The molecule has 0 saturated heterocycles. The molecule has 0 bridgehead atoms. The lowest BCUT2D eigenvalue weighted by Gasteiger charge is -2.17. The number of ketones is 2. The quantitative estimate of drug-likeness (QED) is 0.628. The van der Waals surface area contributed by atoms with E-state index in [9.17, 15) is 9.59 Å². The Morgan fingerprint density at radius 3 is 2.27 bits per heavy atom. The average molecular weight is 347 g/mol. The monoisotopic (exact) mass is 344 g/mol. The first kappa shape index (κ1) is 9.61. The van der Waals surface area contributed by atoms with Gasteiger partial charge in [0.1, 0.15) is 0 Å². The predicted octanol–water partition coefficient (Wildman–Crippen LogP) is 1.94. The molecule has 0 aliphatic heterocycles. The highest BCUT2D eigenvalue weighted by molar-refractivity contribution is 9.13. The number of hydrogen-bond acceptors (Lipinski definition) is 2. The van der Waals surface area contributed by atoms with Crippen LogP contribution in [-0.4, -0.2) is 21.2 Å². The van der Waals surface area contributed by atoms with E-state index in [1.807, 2.05) is 0 Å². The molecule has 0 spiro atoms. The molecule has 2 atom stereocenters. The van der Waals surface area contributed by atoms with Crippen LogP contribution in [0.3, 0.4) is 0 Å². The minimum Gasteiger partial charge on any atom is -0.293 e. The van der Waals surface area contributed by atoms with Gasteiger partial charge >= 0.3 is 0 Å². The summed E-state index contributed by atoms with van der Waals surface area (Å²) >= 11 is 9.22. The van der Waals surface area contributed by atoms with Crippen LogP contribution in [0.2, 0.25) is 0 Å². The van der Waals surface area contributed by atoms with Crippen LogP contribution in [0.5, 0.6) is 0 Å². The van der Waals surface area contributed by atoms with Crippen LogP contribution in [-0.2, 0) is 9.59 Å². The molecule has 0 heterocycles. The molecule has 0 aromatic rings. The molecule has 0 aromatic carbocycles. The van der Waals surface area contributed by atoms with Gasteiger partial charge < -0.3 is 0 Å². The van der Waals surface area contributed by atoms with E-state index >= 15 is 0 Å². The van der Waals surface area contributed by atoms with Gasteiger partial charge in [0.05, 0.1) is 14.1 Å². The van der Waals surface area contributed by atoms with E-state index in [0.717, 1.165) is 0 Å². The molecule has 0 radical (unpaired) electrons. The number of alkyl halides is 2. The molecule has 0 saturated carbocycles. The number of halogens is 3. The molecule has 0 fully saturated rings. The van der Waals surface area contributed by atoms with Crippen LogP contribution in [0.25, 0.3) is 0 Å². The maximum Gasteiger partial charge on any atom is 0.185 e. The number of hydrogen-bond donors (Lipinski definition) is 0. The number of carbonyl (C=O) groups excluding carboxylic acids is 2. The smallest absolute Gasteiger partial charge is 0.185 e. The van der Waals surface area contributed by atoms with E-state index in [1.54, 1.807) is 0 Å². The molecule has 1 rings (SSSR count). The summed E-state index contributed by atoms with van der Waals surface area (Å²) in [4.78, 5) is 21.3. The molecule has 60 valence electrons. The Morgan fingerprint density at radius 2 is 1.73 bits per heavy atom. The molecule has 2 nitrogen and oxygen atoms in total. The van der Waals surface area contributed by atoms with Crippen LogP contribution >= 0.6 is 47.8 Å². The minimum atomic E-state index is -0.450. The lowest BCUT2D eigenvalue weighted by Crippen LogP contribution is -2.34. The molecule has 2 unspecified atom stereocenters. The average Bonchev–Trinajstić information content (AvgIpc) is 1.97. The van der Waals surface area contributed by atoms with Gasteiger partial charge in [-0.15, -0.1) is 0 Å². The van der Waals surface area contributed by atoms with Gasteiger partial charge in [0.2, 0.25) is 0 Å². The van der Waals surface area contributed by atoms with Crippen LogP contribution in [0.4, 0.5) is 0 Å². The van der Waals surface area contributed by atoms with Gasteiger partial charge in [0.15, 0.2) is 11.6 Å². The van der Waals surface area contributed by atoms with Crippen molar-refractivity contribution >= 4 is 59.4 Å². The van der Waals surface area contributed by atoms with Gasteiger partial charge in [-0.3, -0.25) is 9.59 Å². The number of allylic oxidation sites excluding steroid dienone is 2. The predicted molar refractivity (Wildman–Crippen MR) is 52.5 cm³/mol. The van der Waals surface area contributed by atoms with Crippen molar-refractivity contribution in [1.82, 2.24) is 0 Å². The van der Waals surface area contributed by atoms with Crippen LogP contribution < -0.4 is 0 Å². The Hall–Kier alpha value is 0.520. The first-order valence-electron chi connectivity index (χ1n) is 2.77. The minimum absolute atomic E-state index is 0.0987. The normalized spacial score (nSPS) is 32.1. The Bertz CT molecular complexity index is 246. The summed E-state index contributed by atoms with van der Waals surface area (Å²) in [5.74, 6) is -0.204. The lowest BCUT2D eigenvalue weighted by atomic mass is 10.1. The first-order valence-corrected chi connectivity index (χ1v) is 5.40. The summed E-state index contributed by atoms with van der Waals surface area (Å²) in [6.07, 6.45) is 1.29. The number of carbonyl (C=O) groups is 2. The molecule has 1 aliphatic carbocycles. The topological polar surface area (TPSA) is 34.1 Å². The summed E-state index contributed by atoms with van der Waals surface area (Å²) in [6.45, 7) is 0. The highest BCUT2D eigenvalue weighted by atomic mass is 79.9. The van der Waals surface area contributed by atoms with Crippen molar-refractivity contribution in [2.24, 2.45) is 0 Å². The van der Waals surface area contributed by atoms with Crippen molar-refractivity contribution in [3.8, 4) is 0 Å². The van der Waals surface area contributed by atoms with Gasteiger partial charge in [-0.2, -0.15) is 0 Å². The Labute approximate surface area is 88.8 Å². The van der Waals surface area contributed by atoms with Crippen molar-refractivity contribution in [2.45, 2.75) is 9.65 Å². The first-order chi connectivity index (χ1) is 5.04. The fourth-order valence-electron chi connectivity index (χ4n) is 0.684. The van der Waals surface area contributed by atoms with Gasteiger partial charge in [0.25, 0.3) is 0 Å². The molecule has 1 aliphatic rings. The third-order valence-electron chi connectivity index (χ3n) is 1.28. The Balaban J connectivity index is 3.01. The van der Waals surface area contributed by atoms with Crippen molar-refractivity contribution in [3.05, 3.63) is 10.6 Å². The van der Waals surface area contributed by atoms with E-state index < -0.39 is 9.65 Å². The second kappa shape index (κ2) is 3.49. The van der Waals surface area contributed by atoms with E-state index in [4.69, 9.17) is 0 Å². The van der Waals surface area contributed by atoms with Gasteiger partial charge in [-0.05, 0) is 15.9 Å². The zero-order valence-corrected chi connectivity index (χ0v) is 9.94. The summed E-state index contributed by atoms with van der Waals surface area (Å²) in [6, 6.07) is 0. The molecule has 0 N–H and O–H groups in total. The zero-order chi connectivity index (χ0) is 8.59. The fourth-order valence-corrected chi connectivity index (χ4v) is 2.34. The SMILES string of the molecule is O=C1C=C(Br)C(=O)C(Br)C1Br. The zero-order valence-electron chi connectivity index (χ0n) is 5.18. The van der Waals surface area contributed by atoms with Gasteiger partial charge in [-0.1, -0.05) is 31.9 Å². The summed E-state index contributed by atoms with van der Waals surface area (Å²) in [5, 5.41) is 0. The standard InChI is InChI=1S/C6H3Br3O2/c7-2-1-3(10)4(8)5(9)6(2)11/h1,4-5H. The summed E-state index contributed by atoms with van der Waals surface area (Å²) in [5.41, 5.74) is 0. The van der Waals surface area contributed by atoms with E-state index in [2.05, 4.69) is 47.8 Å². The highest BCUT2D eigenvalue weighted by Crippen LogP contribution is 2.27. The largest absolute Gasteiger partial charge is 0.293 e. The number of Topliss-reactive ketones (excluding diaryl/α,β-unsaturated/α-hetero) is 1. The molecular formula is C6H3Br3O2. The van der Waals surface area contributed by atoms with Crippen molar-refractivity contribution < 1.29 is 9.59 Å². The summed E-state index contributed by atoms with van der Waals surface area (Å²) in [7, 11) is 0. The molecule has 11 heavy (non-hydrogen) atoms. The van der Waals surface area contributed by atoms with Gasteiger partial charge in [0, 0.05) is 6.08 Å². The molecular weight excluding hydrogens is 344 g/mol. The van der Waals surface area contributed by atoms with E-state index in [-0.39, 0.29) is 11.6 Å². The lowest BCUT2D eigenvalue weighted by molar-refractivity contribution is -0.120. The Kier molecular flexibility index (Phi) is 3.05. The van der Waals surface area contributed by atoms with E-state index in [1.165, 1.54) is 6.08 Å². The van der Waals surface area contributed by atoms with Crippen molar-refractivity contribution in [2.75, 3.05) is 0 Å². The number of rotatable bonds is 0. The summed E-state index contributed by atoms with van der Waals surface area (Å²) < 4.78 is 0.333. The van der Waals surface area contributed by atoms with Crippen molar-refractivity contribution in [3.63, 3.8) is 0 Å². The van der Waals surface area contributed by atoms with Crippen LogP contribution in [0, 0.1) is 0 Å². The second-order valence-electron chi connectivity index (χ2n) is 2.06. The molecule has 0 amide bonds. The fraction of sp³-hybridized carbons (Fsp3) is 0.333. The second-order valence-corrected chi connectivity index (χ2v) is 4.89. The highest BCUT2D eigenvalue weighted by Gasteiger charge is 2.34. The molecule has 5 heteroatoms. The third-order valence-corrected chi connectivity index (χ3v) is 4.54. The van der Waals surface area contributed by atoms with Gasteiger partial charge in [-0.25, -0.2) is 0 Å². The maximum absolute atomic E-state index is 11.1. The molecule has 0 aromatic heterocycles.